The van der Waals surface area contributed by atoms with E-state index in [1.807, 2.05) is 12.1 Å². The summed E-state index contributed by atoms with van der Waals surface area (Å²) in [5.41, 5.74) is 1.94. The number of hydrogen-bond donors (Lipinski definition) is 0. The normalized spacial score (nSPS) is 15.4. The second-order valence-electron chi connectivity index (χ2n) is 2.89. The molecule has 0 radical (unpaired) electrons. The van der Waals surface area contributed by atoms with Gasteiger partial charge in [-0.3, -0.25) is 0 Å². The van der Waals surface area contributed by atoms with Crippen molar-refractivity contribution in [2.24, 2.45) is 0 Å². The molecule has 1 heterocycles. The molecule has 1 aromatic carbocycles. The predicted octanol–water partition coefficient (Wildman–Crippen LogP) is 3.54. The zero-order valence-electron chi connectivity index (χ0n) is 6.89. The molecule has 0 N–H and O–H groups in total. The van der Waals surface area contributed by atoms with Gasteiger partial charge in [0.05, 0.1) is 0 Å². The molecule has 0 unspecified atom stereocenters. The number of rotatable bonds is 0. The predicted molar refractivity (Wildman–Crippen MR) is 51.7 cm³/mol. The van der Waals surface area contributed by atoms with Crippen LogP contribution < -0.4 is 0 Å². The highest BCUT2D eigenvalue weighted by molar-refractivity contribution is 7.99. The fourth-order valence-electron chi connectivity index (χ4n) is 1.44. The maximum atomic E-state index is 12.5. The Hall–Kier alpha value is -0.830. The molecule has 68 valence electrons. The molecule has 0 bridgehead atoms. The van der Waals surface area contributed by atoms with E-state index >= 15 is 0 Å². The van der Waals surface area contributed by atoms with Gasteiger partial charge in [-0.05, 0) is 11.1 Å². The smallest absolute Gasteiger partial charge is 0.173 e. The third kappa shape index (κ3) is 1.61. The Labute approximate surface area is 79.6 Å². The first kappa shape index (κ1) is 8.75. The highest BCUT2D eigenvalue weighted by Crippen LogP contribution is 2.34. The van der Waals surface area contributed by atoms with Crippen LogP contribution in [0.3, 0.4) is 0 Å². The Morgan fingerprint density at radius 3 is 2.69 bits per heavy atom. The van der Waals surface area contributed by atoms with Crippen molar-refractivity contribution in [1.82, 2.24) is 0 Å². The summed E-state index contributed by atoms with van der Waals surface area (Å²) >= 11 is 1.54. The topological polar surface area (TPSA) is 0 Å². The molecule has 2 rings (SSSR count). The van der Waals surface area contributed by atoms with Gasteiger partial charge in [0.2, 0.25) is 0 Å². The summed E-state index contributed by atoms with van der Waals surface area (Å²) in [6.07, 6.45) is -1.54. The van der Waals surface area contributed by atoms with Gasteiger partial charge in [0.25, 0.3) is 6.08 Å². The molecule has 0 atom stereocenters. The summed E-state index contributed by atoms with van der Waals surface area (Å²) in [6, 6.07) is 7.37. The molecule has 0 spiro atoms. The molecule has 1 aliphatic rings. The monoisotopic (exact) mass is 198 g/mol. The SMILES string of the molecule is FC(F)=C1CSCc2ccccc21. The van der Waals surface area contributed by atoms with Gasteiger partial charge in [-0.2, -0.15) is 20.5 Å². The van der Waals surface area contributed by atoms with Crippen molar-refractivity contribution < 1.29 is 8.78 Å². The van der Waals surface area contributed by atoms with Crippen LogP contribution >= 0.6 is 11.8 Å². The Bertz CT molecular complexity index is 354. The standard InChI is InChI=1S/C10H8F2S/c11-10(12)9-6-13-5-7-3-1-2-4-8(7)9/h1-4H,5-6H2. The minimum atomic E-state index is -1.54. The van der Waals surface area contributed by atoms with Crippen LogP contribution in [0.4, 0.5) is 8.78 Å². The Kier molecular flexibility index (Phi) is 2.36. The molecule has 1 aromatic rings. The van der Waals surface area contributed by atoms with E-state index in [1.54, 1.807) is 12.1 Å². The van der Waals surface area contributed by atoms with Gasteiger partial charge in [-0.1, -0.05) is 24.3 Å². The van der Waals surface area contributed by atoms with Gasteiger partial charge >= 0.3 is 0 Å². The van der Waals surface area contributed by atoms with Crippen molar-refractivity contribution in [2.75, 3.05) is 5.75 Å². The van der Waals surface area contributed by atoms with Crippen LogP contribution in [0.15, 0.2) is 30.3 Å². The molecular formula is C10H8F2S. The molecule has 0 aromatic heterocycles. The van der Waals surface area contributed by atoms with Crippen LogP contribution in [0.2, 0.25) is 0 Å². The molecule has 0 fully saturated rings. The van der Waals surface area contributed by atoms with Crippen molar-refractivity contribution in [2.45, 2.75) is 5.75 Å². The number of halogens is 2. The summed E-state index contributed by atoms with van der Waals surface area (Å²) in [6.45, 7) is 0. The second kappa shape index (κ2) is 3.50. The number of benzene rings is 1. The summed E-state index contributed by atoms with van der Waals surface area (Å²) in [7, 11) is 0. The van der Waals surface area contributed by atoms with E-state index < -0.39 is 6.08 Å². The highest BCUT2D eigenvalue weighted by atomic mass is 32.2. The minimum absolute atomic E-state index is 0.201. The van der Waals surface area contributed by atoms with Crippen molar-refractivity contribution in [1.29, 1.82) is 0 Å². The number of thioether (sulfide) groups is 1. The molecular weight excluding hydrogens is 190 g/mol. The van der Waals surface area contributed by atoms with E-state index in [9.17, 15) is 8.78 Å². The quantitative estimate of drug-likeness (QED) is 0.614. The molecule has 0 saturated carbocycles. The van der Waals surface area contributed by atoms with Crippen molar-refractivity contribution >= 4 is 17.3 Å². The third-order valence-corrected chi connectivity index (χ3v) is 3.08. The van der Waals surface area contributed by atoms with Crippen LogP contribution in [0.5, 0.6) is 0 Å². The lowest BCUT2D eigenvalue weighted by molar-refractivity contribution is 0.425. The van der Waals surface area contributed by atoms with Crippen LogP contribution in [-0.2, 0) is 5.75 Å². The first-order valence-corrected chi connectivity index (χ1v) is 5.14. The van der Waals surface area contributed by atoms with Crippen LogP contribution in [-0.4, -0.2) is 5.75 Å². The average Bonchev–Trinajstić information content (AvgIpc) is 2.17. The van der Waals surface area contributed by atoms with Gasteiger partial charge in [-0.15, -0.1) is 0 Å². The van der Waals surface area contributed by atoms with Crippen LogP contribution in [0, 0.1) is 0 Å². The molecule has 0 nitrogen and oxygen atoms in total. The van der Waals surface area contributed by atoms with Crippen molar-refractivity contribution in [3.8, 4) is 0 Å². The first-order valence-electron chi connectivity index (χ1n) is 3.99. The van der Waals surface area contributed by atoms with E-state index in [1.165, 1.54) is 11.8 Å². The Morgan fingerprint density at radius 1 is 1.15 bits per heavy atom. The fraction of sp³-hybridized carbons (Fsp3) is 0.200. The van der Waals surface area contributed by atoms with E-state index in [-0.39, 0.29) is 5.57 Å². The van der Waals surface area contributed by atoms with Gasteiger partial charge < -0.3 is 0 Å². The minimum Gasteiger partial charge on any atom is -0.173 e. The molecule has 0 aliphatic carbocycles. The van der Waals surface area contributed by atoms with Gasteiger partial charge in [-0.25, -0.2) is 0 Å². The lowest BCUT2D eigenvalue weighted by Crippen LogP contribution is -2.01. The van der Waals surface area contributed by atoms with Crippen LogP contribution in [0.1, 0.15) is 11.1 Å². The highest BCUT2D eigenvalue weighted by Gasteiger charge is 2.17. The van der Waals surface area contributed by atoms with Crippen molar-refractivity contribution in [3.63, 3.8) is 0 Å². The van der Waals surface area contributed by atoms with Gasteiger partial charge in [0.1, 0.15) is 0 Å². The lowest BCUT2D eigenvalue weighted by atomic mass is 10.0. The third-order valence-electron chi connectivity index (χ3n) is 2.07. The maximum absolute atomic E-state index is 12.5. The van der Waals surface area contributed by atoms with E-state index in [4.69, 9.17) is 0 Å². The Morgan fingerprint density at radius 2 is 1.92 bits per heavy atom. The lowest BCUT2D eigenvalue weighted by Gasteiger charge is -2.17. The molecule has 0 saturated heterocycles. The molecule has 0 amide bonds. The molecule has 13 heavy (non-hydrogen) atoms. The van der Waals surface area contributed by atoms with Gasteiger partial charge in [0.15, 0.2) is 0 Å². The Balaban J connectivity index is 2.55. The summed E-state index contributed by atoms with van der Waals surface area (Å²) < 4.78 is 24.9. The summed E-state index contributed by atoms with van der Waals surface area (Å²) in [4.78, 5) is 0. The molecule has 1 aliphatic heterocycles. The van der Waals surface area contributed by atoms with Crippen LogP contribution in [0.25, 0.3) is 5.57 Å². The zero-order chi connectivity index (χ0) is 9.26. The van der Waals surface area contributed by atoms with Gasteiger partial charge in [0, 0.05) is 17.1 Å². The van der Waals surface area contributed by atoms with E-state index in [2.05, 4.69) is 0 Å². The fourth-order valence-corrected chi connectivity index (χ4v) is 2.48. The first-order chi connectivity index (χ1) is 6.29. The zero-order valence-corrected chi connectivity index (χ0v) is 7.70. The summed E-state index contributed by atoms with van der Waals surface area (Å²) in [5, 5.41) is 0. The second-order valence-corrected chi connectivity index (χ2v) is 3.87. The van der Waals surface area contributed by atoms with E-state index in [0.29, 0.717) is 5.75 Å². The number of fused-ring (bicyclic) bond motifs is 1. The largest absolute Gasteiger partial charge is 0.274 e. The number of hydrogen-bond acceptors (Lipinski definition) is 1. The van der Waals surface area contributed by atoms with Crippen molar-refractivity contribution in [3.05, 3.63) is 41.5 Å². The summed E-state index contributed by atoms with van der Waals surface area (Å²) in [5.74, 6) is 1.27. The molecule has 3 heteroatoms. The maximum Gasteiger partial charge on any atom is 0.274 e. The average molecular weight is 198 g/mol. The van der Waals surface area contributed by atoms with E-state index in [0.717, 1.165) is 16.9 Å².